The standard InChI is InChI=1S/C19H25N3O2S/c1-21-12-16(11-20-21)19-14-22(13-15-7-5-6-10-18(15)19)25(23,24)17-8-3-2-4-9-17/h5-7,10-12,17,19H,2-4,8-9,13-14H2,1H3. The van der Waals surface area contributed by atoms with E-state index in [2.05, 4.69) is 17.2 Å². The predicted molar refractivity (Wildman–Crippen MR) is 97.7 cm³/mol. The highest BCUT2D eigenvalue weighted by atomic mass is 32.2. The van der Waals surface area contributed by atoms with Gasteiger partial charge in [-0.1, -0.05) is 43.5 Å². The summed E-state index contributed by atoms with van der Waals surface area (Å²) in [6, 6.07) is 8.21. The number of nitrogens with zero attached hydrogens (tertiary/aromatic N) is 3. The Balaban J connectivity index is 1.70. The molecule has 1 aliphatic heterocycles. The molecule has 2 aliphatic rings. The fourth-order valence-electron chi connectivity index (χ4n) is 4.25. The van der Waals surface area contributed by atoms with Crippen molar-refractivity contribution in [3.63, 3.8) is 0 Å². The van der Waals surface area contributed by atoms with E-state index in [0.29, 0.717) is 13.1 Å². The highest BCUT2D eigenvalue weighted by Crippen LogP contribution is 2.36. The zero-order valence-electron chi connectivity index (χ0n) is 14.6. The zero-order valence-corrected chi connectivity index (χ0v) is 15.5. The molecule has 1 fully saturated rings. The maximum absolute atomic E-state index is 13.2. The first-order valence-electron chi connectivity index (χ1n) is 9.11. The van der Waals surface area contributed by atoms with E-state index in [1.165, 1.54) is 5.56 Å². The lowest BCUT2D eigenvalue weighted by molar-refractivity contribution is 0.355. The molecule has 1 unspecified atom stereocenters. The third-order valence-electron chi connectivity index (χ3n) is 5.62. The van der Waals surface area contributed by atoms with E-state index in [9.17, 15) is 8.42 Å². The Morgan fingerprint density at radius 1 is 1.12 bits per heavy atom. The first-order chi connectivity index (χ1) is 12.1. The molecular formula is C19H25N3O2S. The van der Waals surface area contributed by atoms with Gasteiger partial charge in [-0.25, -0.2) is 8.42 Å². The lowest BCUT2D eigenvalue weighted by Gasteiger charge is -2.36. The second kappa shape index (κ2) is 6.57. The van der Waals surface area contributed by atoms with Crippen molar-refractivity contribution < 1.29 is 8.42 Å². The topological polar surface area (TPSA) is 55.2 Å². The summed E-state index contributed by atoms with van der Waals surface area (Å²) in [5.41, 5.74) is 3.42. The van der Waals surface area contributed by atoms with Crippen molar-refractivity contribution in [1.29, 1.82) is 0 Å². The molecule has 2 aromatic rings. The van der Waals surface area contributed by atoms with Crippen LogP contribution in [-0.2, 0) is 23.6 Å². The number of sulfonamides is 1. The van der Waals surface area contributed by atoms with Crippen LogP contribution in [0.25, 0.3) is 0 Å². The Morgan fingerprint density at radius 2 is 1.88 bits per heavy atom. The maximum atomic E-state index is 13.2. The van der Waals surface area contributed by atoms with Crippen molar-refractivity contribution >= 4 is 10.0 Å². The Kier molecular flexibility index (Phi) is 4.41. The molecule has 2 heterocycles. The minimum Gasteiger partial charge on any atom is -0.276 e. The van der Waals surface area contributed by atoms with Crippen LogP contribution in [0.5, 0.6) is 0 Å². The largest absolute Gasteiger partial charge is 0.276 e. The molecule has 25 heavy (non-hydrogen) atoms. The second-order valence-electron chi connectivity index (χ2n) is 7.30. The number of aromatic nitrogens is 2. The Morgan fingerprint density at radius 3 is 2.60 bits per heavy atom. The molecule has 4 rings (SSSR count). The molecule has 1 aliphatic carbocycles. The SMILES string of the molecule is Cn1cc(C2CN(S(=O)(=O)C3CCCCC3)Cc3ccccc32)cn1. The van der Waals surface area contributed by atoms with Gasteiger partial charge >= 0.3 is 0 Å². The summed E-state index contributed by atoms with van der Waals surface area (Å²) in [7, 11) is -1.36. The van der Waals surface area contributed by atoms with Crippen LogP contribution in [0.2, 0.25) is 0 Å². The van der Waals surface area contributed by atoms with Gasteiger partial charge in [0.25, 0.3) is 0 Å². The number of benzene rings is 1. The zero-order chi connectivity index (χ0) is 17.4. The van der Waals surface area contributed by atoms with Crippen LogP contribution < -0.4 is 0 Å². The molecule has 6 heteroatoms. The molecule has 5 nitrogen and oxygen atoms in total. The normalized spacial score (nSPS) is 22.7. The third-order valence-corrected chi connectivity index (χ3v) is 7.94. The summed E-state index contributed by atoms with van der Waals surface area (Å²) in [5, 5.41) is 4.08. The summed E-state index contributed by atoms with van der Waals surface area (Å²) < 4.78 is 30.0. The lowest BCUT2D eigenvalue weighted by Crippen LogP contribution is -2.44. The number of hydrogen-bond acceptors (Lipinski definition) is 3. The van der Waals surface area contributed by atoms with Gasteiger partial charge in [0.15, 0.2) is 0 Å². The lowest BCUT2D eigenvalue weighted by atomic mass is 9.87. The van der Waals surface area contributed by atoms with Crippen molar-refractivity contribution in [1.82, 2.24) is 14.1 Å². The summed E-state index contributed by atoms with van der Waals surface area (Å²) >= 11 is 0. The van der Waals surface area contributed by atoms with Crippen LogP contribution in [0.4, 0.5) is 0 Å². The van der Waals surface area contributed by atoms with E-state index < -0.39 is 10.0 Å². The number of hydrogen-bond donors (Lipinski definition) is 0. The van der Waals surface area contributed by atoms with Crippen molar-refractivity contribution in [2.45, 2.75) is 49.8 Å². The van der Waals surface area contributed by atoms with Crippen LogP contribution >= 0.6 is 0 Å². The Labute approximate surface area is 149 Å². The molecule has 0 N–H and O–H groups in total. The smallest absolute Gasteiger partial charge is 0.217 e. The quantitative estimate of drug-likeness (QED) is 0.846. The van der Waals surface area contributed by atoms with Crippen molar-refractivity contribution in [3.05, 3.63) is 53.3 Å². The summed E-state index contributed by atoms with van der Waals surface area (Å²) in [4.78, 5) is 0. The Hall–Kier alpha value is -1.66. The minimum atomic E-state index is -3.26. The van der Waals surface area contributed by atoms with Gasteiger partial charge in [0, 0.05) is 32.3 Å². The molecule has 134 valence electrons. The van der Waals surface area contributed by atoms with E-state index in [1.54, 1.807) is 8.99 Å². The van der Waals surface area contributed by atoms with Gasteiger partial charge in [0.2, 0.25) is 10.0 Å². The van der Waals surface area contributed by atoms with E-state index in [-0.39, 0.29) is 11.2 Å². The van der Waals surface area contributed by atoms with Gasteiger partial charge in [-0.15, -0.1) is 0 Å². The number of fused-ring (bicyclic) bond motifs is 1. The predicted octanol–water partition coefficient (Wildman–Crippen LogP) is 3.03. The van der Waals surface area contributed by atoms with Gasteiger partial charge in [0.1, 0.15) is 0 Å². The van der Waals surface area contributed by atoms with E-state index in [1.807, 2.05) is 31.6 Å². The van der Waals surface area contributed by atoms with Gasteiger partial charge in [-0.2, -0.15) is 9.40 Å². The fourth-order valence-corrected chi connectivity index (χ4v) is 6.27. The molecule has 1 aromatic carbocycles. The van der Waals surface area contributed by atoms with Crippen LogP contribution in [0.1, 0.15) is 54.7 Å². The van der Waals surface area contributed by atoms with Gasteiger partial charge < -0.3 is 0 Å². The van der Waals surface area contributed by atoms with Crippen LogP contribution in [-0.4, -0.2) is 34.3 Å². The van der Waals surface area contributed by atoms with Crippen LogP contribution in [0.15, 0.2) is 36.7 Å². The minimum absolute atomic E-state index is 0.0528. The van der Waals surface area contributed by atoms with Gasteiger partial charge in [0.05, 0.1) is 11.4 Å². The van der Waals surface area contributed by atoms with E-state index in [0.717, 1.165) is 43.2 Å². The third kappa shape index (κ3) is 3.13. The van der Waals surface area contributed by atoms with Crippen LogP contribution in [0.3, 0.4) is 0 Å². The van der Waals surface area contributed by atoms with Crippen molar-refractivity contribution in [2.75, 3.05) is 6.54 Å². The van der Waals surface area contributed by atoms with Gasteiger partial charge in [-0.05, 0) is 29.5 Å². The highest BCUT2D eigenvalue weighted by molar-refractivity contribution is 7.89. The first-order valence-corrected chi connectivity index (χ1v) is 10.6. The summed E-state index contributed by atoms with van der Waals surface area (Å²) in [5.74, 6) is 0.0528. The maximum Gasteiger partial charge on any atom is 0.217 e. The first kappa shape index (κ1) is 16.8. The Bertz CT molecular complexity index is 853. The summed E-state index contributed by atoms with van der Waals surface area (Å²) in [6.45, 7) is 1.01. The molecule has 0 saturated heterocycles. The van der Waals surface area contributed by atoms with E-state index in [4.69, 9.17) is 0 Å². The fraction of sp³-hybridized carbons (Fsp3) is 0.526. The number of rotatable bonds is 3. The molecule has 0 amide bonds. The molecule has 1 aromatic heterocycles. The highest BCUT2D eigenvalue weighted by Gasteiger charge is 2.38. The number of aryl methyl sites for hydroxylation is 1. The molecule has 0 spiro atoms. The average Bonchev–Trinajstić information content (AvgIpc) is 3.07. The molecule has 0 bridgehead atoms. The molecule has 0 radical (unpaired) electrons. The van der Waals surface area contributed by atoms with Crippen molar-refractivity contribution in [2.24, 2.45) is 7.05 Å². The molecular weight excluding hydrogens is 334 g/mol. The second-order valence-corrected chi connectivity index (χ2v) is 9.51. The monoisotopic (exact) mass is 359 g/mol. The average molecular weight is 359 g/mol. The summed E-state index contributed by atoms with van der Waals surface area (Å²) in [6.07, 6.45) is 8.68. The van der Waals surface area contributed by atoms with Crippen LogP contribution in [0, 0.1) is 0 Å². The van der Waals surface area contributed by atoms with Crippen molar-refractivity contribution in [3.8, 4) is 0 Å². The van der Waals surface area contributed by atoms with Gasteiger partial charge in [-0.3, -0.25) is 4.68 Å². The van der Waals surface area contributed by atoms with E-state index >= 15 is 0 Å². The molecule has 1 saturated carbocycles. The molecule has 1 atom stereocenters.